The second-order valence-electron chi connectivity index (χ2n) is 5.33. The molecule has 4 nitrogen and oxygen atoms in total. The number of hydrogen-bond acceptors (Lipinski definition) is 3. The molecule has 0 saturated carbocycles. The van der Waals surface area contributed by atoms with Crippen molar-refractivity contribution in [2.75, 3.05) is 6.54 Å². The average Bonchev–Trinajstić information content (AvgIpc) is 3.36. The number of pyridine rings is 1. The van der Waals surface area contributed by atoms with Gasteiger partial charge in [-0.1, -0.05) is 48.5 Å². The van der Waals surface area contributed by atoms with Gasteiger partial charge in [0.1, 0.15) is 4.90 Å². The number of nitrogens with zero attached hydrogens (tertiary/aromatic N) is 2. The Bertz CT molecular complexity index is 934. The molecular weight excluding hydrogens is 296 g/mol. The summed E-state index contributed by atoms with van der Waals surface area (Å²) >= 11 is 0. The van der Waals surface area contributed by atoms with E-state index in [4.69, 9.17) is 0 Å². The number of rotatable bonds is 3. The summed E-state index contributed by atoms with van der Waals surface area (Å²) < 4.78 is 27.3. The van der Waals surface area contributed by atoms with Gasteiger partial charge in [-0.2, -0.15) is 4.31 Å². The Balaban J connectivity index is 1.76. The zero-order valence-corrected chi connectivity index (χ0v) is 12.6. The number of fused-ring (bicyclic) bond motifs is 1. The topological polar surface area (TPSA) is 50.0 Å². The summed E-state index contributed by atoms with van der Waals surface area (Å²) in [7, 11) is -3.52. The van der Waals surface area contributed by atoms with E-state index in [0.717, 1.165) is 10.9 Å². The standard InChI is InChI=1S/C17H14N2O2S/c20-22(21,19-12-15(19)13-6-2-1-3-7-13)16-10-4-8-14-9-5-11-18-17(14)16/h1-11,15H,12H2. The molecule has 2 heterocycles. The van der Waals surface area contributed by atoms with Crippen LogP contribution in [0.25, 0.3) is 10.9 Å². The fraction of sp³-hybridized carbons (Fsp3) is 0.118. The lowest BCUT2D eigenvalue weighted by molar-refractivity contribution is 0.555. The van der Waals surface area contributed by atoms with E-state index in [0.29, 0.717) is 12.1 Å². The lowest BCUT2D eigenvalue weighted by Gasteiger charge is -2.09. The molecule has 4 rings (SSSR count). The summed E-state index contributed by atoms with van der Waals surface area (Å²) in [5.74, 6) is 0. The van der Waals surface area contributed by atoms with Crippen LogP contribution in [0.3, 0.4) is 0 Å². The predicted molar refractivity (Wildman–Crippen MR) is 84.8 cm³/mol. The number of benzene rings is 2. The number of sulfonamides is 1. The molecule has 2 atom stereocenters. The van der Waals surface area contributed by atoms with E-state index in [1.807, 2.05) is 48.5 Å². The van der Waals surface area contributed by atoms with E-state index < -0.39 is 10.0 Å². The van der Waals surface area contributed by atoms with Gasteiger partial charge in [-0.25, -0.2) is 8.42 Å². The largest absolute Gasteiger partial charge is 0.255 e. The van der Waals surface area contributed by atoms with Crippen molar-refractivity contribution in [3.8, 4) is 0 Å². The molecule has 1 fully saturated rings. The lowest BCUT2D eigenvalue weighted by atomic mass is 10.2. The van der Waals surface area contributed by atoms with Crippen LogP contribution in [0, 0.1) is 0 Å². The van der Waals surface area contributed by atoms with Gasteiger partial charge in [-0.05, 0) is 17.7 Å². The first-order valence-electron chi connectivity index (χ1n) is 7.08. The maximum Gasteiger partial charge on any atom is 0.245 e. The van der Waals surface area contributed by atoms with Gasteiger partial charge >= 0.3 is 0 Å². The van der Waals surface area contributed by atoms with Gasteiger partial charge in [-0.15, -0.1) is 0 Å². The fourth-order valence-electron chi connectivity index (χ4n) is 2.75. The van der Waals surface area contributed by atoms with Crippen molar-refractivity contribution >= 4 is 20.9 Å². The molecule has 2 unspecified atom stereocenters. The van der Waals surface area contributed by atoms with Crippen molar-refractivity contribution in [1.29, 1.82) is 0 Å². The summed E-state index contributed by atoms with van der Waals surface area (Å²) in [5.41, 5.74) is 1.56. The normalized spacial score (nSPS) is 20.9. The third kappa shape index (κ3) is 2.10. The molecule has 3 aromatic rings. The molecule has 1 aliphatic heterocycles. The lowest BCUT2D eigenvalue weighted by Crippen LogP contribution is -2.13. The highest BCUT2D eigenvalue weighted by atomic mass is 32.2. The van der Waals surface area contributed by atoms with Crippen LogP contribution in [0.1, 0.15) is 11.6 Å². The molecule has 1 aliphatic rings. The Hall–Kier alpha value is -2.24. The van der Waals surface area contributed by atoms with E-state index in [1.165, 1.54) is 4.31 Å². The highest BCUT2D eigenvalue weighted by molar-refractivity contribution is 7.89. The van der Waals surface area contributed by atoms with Crippen molar-refractivity contribution in [2.24, 2.45) is 0 Å². The molecule has 0 N–H and O–H groups in total. The molecule has 5 heteroatoms. The molecule has 0 spiro atoms. The molecule has 110 valence electrons. The summed E-state index contributed by atoms with van der Waals surface area (Å²) in [6.07, 6.45) is 1.62. The van der Waals surface area contributed by atoms with Crippen LogP contribution in [0.15, 0.2) is 71.8 Å². The van der Waals surface area contributed by atoms with Crippen molar-refractivity contribution in [1.82, 2.24) is 9.29 Å². The van der Waals surface area contributed by atoms with Crippen molar-refractivity contribution in [3.63, 3.8) is 0 Å². The highest BCUT2D eigenvalue weighted by Gasteiger charge is 2.46. The van der Waals surface area contributed by atoms with Crippen molar-refractivity contribution in [2.45, 2.75) is 10.9 Å². The summed E-state index contributed by atoms with van der Waals surface area (Å²) in [4.78, 5) is 4.53. The third-order valence-corrected chi connectivity index (χ3v) is 5.84. The summed E-state index contributed by atoms with van der Waals surface area (Å²) in [5, 5.41) is 0.835. The summed E-state index contributed by atoms with van der Waals surface area (Å²) in [6.45, 7) is 0.523. The van der Waals surface area contributed by atoms with Crippen LogP contribution < -0.4 is 0 Å². The van der Waals surface area contributed by atoms with Gasteiger partial charge < -0.3 is 0 Å². The van der Waals surface area contributed by atoms with Gasteiger partial charge in [0.25, 0.3) is 0 Å². The average molecular weight is 310 g/mol. The smallest absolute Gasteiger partial charge is 0.245 e. The van der Waals surface area contributed by atoms with Crippen LogP contribution >= 0.6 is 0 Å². The maximum atomic E-state index is 12.9. The summed E-state index contributed by atoms with van der Waals surface area (Å²) in [6, 6.07) is 18.6. The quantitative estimate of drug-likeness (QED) is 0.699. The Morgan fingerprint density at radius 1 is 0.955 bits per heavy atom. The Morgan fingerprint density at radius 3 is 2.55 bits per heavy atom. The van der Waals surface area contributed by atoms with E-state index in [1.54, 1.807) is 18.3 Å². The van der Waals surface area contributed by atoms with E-state index >= 15 is 0 Å². The molecule has 22 heavy (non-hydrogen) atoms. The molecule has 0 aliphatic carbocycles. The zero-order valence-electron chi connectivity index (χ0n) is 11.8. The highest BCUT2D eigenvalue weighted by Crippen LogP contribution is 2.41. The van der Waals surface area contributed by atoms with E-state index in [-0.39, 0.29) is 10.9 Å². The number of aromatic nitrogens is 1. The van der Waals surface area contributed by atoms with Gasteiger partial charge in [0.2, 0.25) is 10.0 Å². The van der Waals surface area contributed by atoms with Crippen LogP contribution in [-0.2, 0) is 10.0 Å². The first-order valence-corrected chi connectivity index (χ1v) is 8.52. The van der Waals surface area contributed by atoms with Gasteiger partial charge in [0.05, 0.1) is 11.6 Å². The number of para-hydroxylation sites is 1. The van der Waals surface area contributed by atoms with E-state index in [2.05, 4.69) is 4.98 Å². The number of hydrogen-bond donors (Lipinski definition) is 0. The van der Waals surface area contributed by atoms with Crippen molar-refractivity contribution < 1.29 is 8.42 Å². The Kier molecular flexibility index (Phi) is 2.99. The minimum Gasteiger partial charge on any atom is -0.255 e. The van der Waals surface area contributed by atoms with Crippen molar-refractivity contribution in [3.05, 3.63) is 72.4 Å². The fourth-order valence-corrected chi connectivity index (χ4v) is 4.46. The van der Waals surface area contributed by atoms with Crippen LogP contribution in [0.4, 0.5) is 0 Å². The van der Waals surface area contributed by atoms with Crippen LogP contribution in [0.2, 0.25) is 0 Å². The second-order valence-corrected chi connectivity index (χ2v) is 7.19. The van der Waals surface area contributed by atoms with Crippen LogP contribution in [-0.4, -0.2) is 24.3 Å². The van der Waals surface area contributed by atoms with Gasteiger partial charge in [-0.3, -0.25) is 4.98 Å². The van der Waals surface area contributed by atoms with Gasteiger partial charge in [0, 0.05) is 18.1 Å². The zero-order chi connectivity index (χ0) is 15.2. The molecular formula is C17H14N2O2S. The van der Waals surface area contributed by atoms with Crippen LogP contribution in [0.5, 0.6) is 0 Å². The monoisotopic (exact) mass is 310 g/mol. The Labute approximate surface area is 129 Å². The SMILES string of the molecule is O=S(=O)(c1cccc2cccnc12)N1CC1c1ccccc1. The minimum atomic E-state index is -3.52. The van der Waals surface area contributed by atoms with Gasteiger partial charge in [0.15, 0.2) is 0 Å². The van der Waals surface area contributed by atoms with E-state index in [9.17, 15) is 8.42 Å². The second kappa shape index (κ2) is 4.90. The molecule has 0 amide bonds. The Morgan fingerprint density at radius 2 is 1.73 bits per heavy atom. The predicted octanol–water partition coefficient (Wildman–Crippen LogP) is 2.98. The first kappa shape index (κ1) is 13.4. The molecule has 0 radical (unpaired) electrons. The third-order valence-electron chi connectivity index (χ3n) is 3.93. The molecule has 1 aromatic heterocycles. The molecule has 2 aromatic carbocycles. The maximum absolute atomic E-state index is 12.9. The molecule has 1 saturated heterocycles. The minimum absolute atomic E-state index is 0.0647. The molecule has 0 bridgehead atoms. The first-order chi connectivity index (χ1) is 10.7.